The zero-order valence-corrected chi connectivity index (χ0v) is 22.4. The van der Waals surface area contributed by atoms with E-state index in [1.165, 1.54) is 6.08 Å². The van der Waals surface area contributed by atoms with Gasteiger partial charge in [-0.15, -0.1) is 0 Å². The molecule has 36 heavy (non-hydrogen) atoms. The van der Waals surface area contributed by atoms with Crippen molar-refractivity contribution >= 4 is 45.2 Å². The van der Waals surface area contributed by atoms with Gasteiger partial charge < -0.3 is 19.5 Å². The molecule has 3 aromatic rings. The number of amides is 1. The molecule has 3 rings (SSSR count). The Morgan fingerprint density at radius 1 is 1.08 bits per heavy atom. The van der Waals surface area contributed by atoms with Crippen molar-refractivity contribution in [2.45, 2.75) is 26.9 Å². The Balaban J connectivity index is 1.70. The lowest BCUT2D eigenvalue weighted by Gasteiger charge is -2.14. The Labute approximate surface area is 224 Å². The van der Waals surface area contributed by atoms with Gasteiger partial charge in [0.1, 0.15) is 24.0 Å². The monoisotopic (exact) mass is 568 g/mol. The topological polar surface area (TPSA) is 80.6 Å². The standard InChI is InChI=1S/C28H26BrClN2O4/c1-3-13-35-27-24(29)15-19(16-26(27)34-4-2)14-21(17-31)28(33)32-22-9-11-23(12-10-22)36-18-20-7-5-6-8-25(20)30/h5-12,14-16H,3-4,13,18H2,1-2H3,(H,32,33)/b21-14+. The van der Waals surface area contributed by atoms with Crippen LogP contribution in [0.25, 0.3) is 6.08 Å². The molecule has 0 aromatic heterocycles. The predicted molar refractivity (Wildman–Crippen MR) is 146 cm³/mol. The second kappa shape index (κ2) is 13.6. The maximum atomic E-state index is 12.8. The number of halogens is 2. The first-order chi connectivity index (χ1) is 17.4. The van der Waals surface area contributed by atoms with E-state index in [1.54, 1.807) is 36.4 Å². The zero-order chi connectivity index (χ0) is 25.9. The van der Waals surface area contributed by atoms with Gasteiger partial charge in [0.05, 0.1) is 17.7 Å². The maximum Gasteiger partial charge on any atom is 0.266 e. The number of carbonyl (C=O) groups excluding carboxylic acids is 1. The van der Waals surface area contributed by atoms with Gasteiger partial charge in [-0.3, -0.25) is 4.79 Å². The van der Waals surface area contributed by atoms with Crippen molar-refractivity contribution in [3.63, 3.8) is 0 Å². The Morgan fingerprint density at radius 2 is 1.83 bits per heavy atom. The predicted octanol–water partition coefficient (Wildman–Crippen LogP) is 7.41. The minimum Gasteiger partial charge on any atom is -0.490 e. The van der Waals surface area contributed by atoms with Crippen LogP contribution in [0, 0.1) is 11.3 Å². The third kappa shape index (κ3) is 7.51. The average molecular weight is 570 g/mol. The van der Waals surface area contributed by atoms with Gasteiger partial charge in [0, 0.05) is 16.3 Å². The summed E-state index contributed by atoms with van der Waals surface area (Å²) < 4.78 is 17.9. The molecule has 0 bridgehead atoms. The van der Waals surface area contributed by atoms with Crippen molar-refractivity contribution in [1.82, 2.24) is 0 Å². The Hall–Kier alpha value is -3.47. The fourth-order valence-corrected chi connectivity index (χ4v) is 3.97. The summed E-state index contributed by atoms with van der Waals surface area (Å²) >= 11 is 9.66. The zero-order valence-electron chi connectivity index (χ0n) is 20.0. The first kappa shape index (κ1) is 27.1. The molecule has 0 radical (unpaired) electrons. The highest BCUT2D eigenvalue weighted by atomic mass is 79.9. The number of hydrogen-bond donors (Lipinski definition) is 1. The number of benzene rings is 3. The molecule has 0 heterocycles. The number of ether oxygens (including phenoxy) is 3. The molecule has 1 N–H and O–H groups in total. The quantitative estimate of drug-likeness (QED) is 0.192. The first-order valence-electron chi connectivity index (χ1n) is 11.4. The summed E-state index contributed by atoms with van der Waals surface area (Å²) in [5, 5.41) is 13.0. The smallest absolute Gasteiger partial charge is 0.266 e. The van der Waals surface area contributed by atoms with E-state index in [-0.39, 0.29) is 5.57 Å². The summed E-state index contributed by atoms with van der Waals surface area (Å²) in [6.07, 6.45) is 2.36. The van der Waals surface area contributed by atoms with Crippen LogP contribution in [0.2, 0.25) is 5.02 Å². The minimum absolute atomic E-state index is 0.0504. The van der Waals surface area contributed by atoms with E-state index in [1.807, 2.05) is 44.2 Å². The van der Waals surface area contributed by atoms with E-state index in [0.717, 1.165) is 12.0 Å². The second-order valence-electron chi connectivity index (χ2n) is 7.64. The number of carbonyl (C=O) groups is 1. The van der Waals surface area contributed by atoms with Crippen LogP contribution in [0.3, 0.4) is 0 Å². The van der Waals surface area contributed by atoms with Gasteiger partial charge in [-0.25, -0.2) is 0 Å². The molecular weight excluding hydrogens is 544 g/mol. The molecular formula is C28H26BrClN2O4. The molecule has 0 unspecified atom stereocenters. The molecule has 6 nitrogen and oxygen atoms in total. The van der Waals surface area contributed by atoms with Gasteiger partial charge in [0.2, 0.25) is 0 Å². The summed E-state index contributed by atoms with van der Waals surface area (Å²) in [4.78, 5) is 12.8. The van der Waals surface area contributed by atoms with E-state index in [0.29, 0.717) is 57.8 Å². The molecule has 0 spiro atoms. The van der Waals surface area contributed by atoms with Crippen LogP contribution < -0.4 is 19.5 Å². The fraction of sp³-hybridized carbons (Fsp3) is 0.214. The van der Waals surface area contributed by atoms with Crippen molar-refractivity contribution in [1.29, 1.82) is 5.26 Å². The summed E-state index contributed by atoms with van der Waals surface area (Å²) in [6, 6.07) is 19.9. The van der Waals surface area contributed by atoms with Crippen molar-refractivity contribution in [2.75, 3.05) is 18.5 Å². The van der Waals surface area contributed by atoms with Gasteiger partial charge in [0.15, 0.2) is 11.5 Å². The van der Waals surface area contributed by atoms with E-state index in [2.05, 4.69) is 21.2 Å². The van der Waals surface area contributed by atoms with Crippen LogP contribution in [-0.2, 0) is 11.4 Å². The first-order valence-corrected chi connectivity index (χ1v) is 12.6. The molecule has 3 aromatic carbocycles. The summed E-state index contributed by atoms with van der Waals surface area (Å²) in [6.45, 7) is 5.22. The lowest BCUT2D eigenvalue weighted by Crippen LogP contribution is -2.13. The fourth-order valence-electron chi connectivity index (χ4n) is 3.20. The Bertz CT molecular complexity index is 1270. The summed E-state index contributed by atoms with van der Waals surface area (Å²) in [5.41, 5.74) is 1.99. The van der Waals surface area contributed by atoms with Gasteiger partial charge in [-0.2, -0.15) is 5.26 Å². The third-order valence-corrected chi connectivity index (χ3v) is 5.88. The van der Waals surface area contributed by atoms with Gasteiger partial charge in [-0.05, 0) is 83.4 Å². The third-order valence-electron chi connectivity index (χ3n) is 4.92. The molecule has 0 atom stereocenters. The lowest BCUT2D eigenvalue weighted by atomic mass is 10.1. The highest BCUT2D eigenvalue weighted by Crippen LogP contribution is 2.37. The maximum absolute atomic E-state index is 12.8. The number of nitrogens with one attached hydrogen (secondary N) is 1. The summed E-state index contributed by atoms with van der Waals surface area (Å²) in [7, 11) is 0. The highest BCUT2D eigenvalue weighted by molar-refractivity contribution is 9.10. The molecule has 1 amide bonds. The molecule has 0 saturated heterocycles. The minimum atomic E-state index is -0.525. The van der Waals surface area contributed by atoms with E-state index >= 15 is 0 Å². The van der Waals surface area contributed by atoms with Crippen LogP contribution in [0.5, 0.6) is 17.2 Å². The van der Waals surface area contributed by atoms with Crippen molar-refractivity contribution in [3.8, 4) is 23.3 Å². The highest BCUT2D eigenvalue weighted by Gasteiger charge is 2.14. The van der Waals surface area contributed by atoms with Gasteiger partial charge in [0.25, 0.3) is 5.91 Å². The normalized spacial score (nSPS) is 10.9. The molecule has 186 valence electrons. The van der Waals surface area contributed by atoms with Gasteiger partial charge >= 0.3 is 0 Å². The molecule has 0 aliphatic heterocycles. The number of rotatable bonds is 11. The van der Waals surface area contributed by atoms with Crippen LogP contribution in [0.4, 0.5) is 5.69 Å². The lowest BCUT2D eigenvalue weighted by molar-refractivity contribution is -0.112. The summed E-state index contributed by atoms with van der Waals surface area (Å²) in [5.74, 6) is 1.23. The number of nitriles is 1. The number of hydrogen-bond acceptors (Lipinski definition) is 5. The van der Waals surface area contributed by atoms with Crippen LogP contribution in [0.15, 0.2) is 70.7 Å². The van der Waals surface area contributed by atoms with Crippen LogP contribution >= 0.6 is 27.5 Å². The molecule has 0 saturated carbocycles. The van der Waals surface area contributed by atoms with Gasteiger partial charge in [-0.1, -0.05) is 36.7 Å². The molecule has 0 aliphatic carbocycles. The van der Waals surface area contributed by atoms with Crippen molar-refractivity contribution in [2.24, 2.45) is 0 Å². The Kier molecular flexibility index (Phi) is 10.2. The SMILES string of the molecule is CCCOc1c(Br)cc(/C=C(\C#N)C(=O)Nc2ccc(OCc3ccccc3Cl)cc2)cc1OCC. The van der Waals surface area contributed by atoms with E-state index in [4.69, 9.17) is 25.8 Å². The molecule has 8 heteroatoms. The van der Waals surface area contributed by atoms with Crippen LogP contribution in [-0.4, -0.2) is 19.1 Å². The van der Waals surface area contributed by atoms with Crippen molar-refractivity contribution < 1.29 is 19.0 Å². The van der Waals surface area contributed by atoms with Crippen LogP contribution in [0.1, 0.15) is 31.4 Å². The number of anilines is 1. The van der Waals surface area contributed by atoms with E-state index in [9.17, 15) is 10.1 Å². The largest absolute Gasteiger partial charge is 0.490 e. The Morgan fingerprint density at radius 3 is 2.50 bits per heavy atom. The number of nitrogens with zero attached hydrogens (tertiary/aromatic N) is 1. The average Bonchev–Trinajstić information content (AvgIpc) is 2.87. The second-order valence-corrected chi connectivity index (χ2v) is 8.90. The van der Waals surface area contributed by atoms with E-state index < -0.39 is 5.91 Å². The molecule has 0 fully saturated rings. The molecule has 0 aliphatic rings. The van der Waals surface area contributed by atoms with Crippen molar-refractivity contribution in [3.05, 3.63) is 86.9 Å².